The first-order chi connectivity index (χ1) is 17.0. The number of allylic oxidation sites excluding steroid dienone is 2. The van der Waals surface area contributed by atoms with E-state index < -0.39 is 5.92 Å². The minimum Gasteiger partial charge on any atom is -0.491 e. The number of amides is 1. The summed E-state index contributed by atoms with van der Waals surface area (Å²) in [6, 6.07) is 12.1. The van der Waals surface area contributed by atoms with Gasteiger partial charge in [0.15, 0.2) is 0 Å². The average molecular weight is 471 g/mol. The molecule has 6 rings (SSSR count). The van der Waals surface area contributed by atoms with Crippen molar-refractivity contribution in [2.24, 2.45) is 5.92 Å². The van der Waals surface area contributed by atoms with Gasteiger partial charge in [-0.1, -0.05) is 24.3 Å². The molecule has 0 saturated carbocycles. The van der Waals surface area contributed by atoms with Crippen molar-refractivity contribution >= 4 is 16.9 Å². The van der Waals surface area contributed by atoms with Gasteiger partial charge in [0.2, 0.25) is 0 Å². The molecule has 3 aromatic rings. The number of rotatable bonds is 3. The molecule has 0 fully saturated rings. The van der Waals surface area contributed by atoms with Gasteiger partial charge in [0, 0.05) is 18.7 Å². The van der Waals surface area contributed by atoms with Gasteiger partial charge in [0.25, 0.3) is 5.91 Å². The van der Waals surface area contributed by atoms with Crippen molar-refractivity contribution in [3.63, 3.8) is 0 Å². The topological polar surface area (TPSA) is 61.5 Å². The van der Waals surface area contributed by atoms with Crippen LogP contribution in [0.5, 0.6) is 5.75 Å². The number of H-pyrrole nitrogens is 1. The number of carbonyl (C=O) groups is 1. The maximum Gasteiger partial charge on any atom is 0.270 e. The lowest BCUT2D eigenvalue weighted by Gasteiger charge is -2.31. The number of aryl methyl sites for hydroxylation is 1. The average Bonchev–Trinajstić information content (AvgIpc) is 3.35. The van der Waals surface area contributed by atoms with Crippen LogP contribution in [0.1, 0.15) is 18.3 Å². The second kappa shape index (κ2) is 8.41. The predicted molar refractivity (Wildman–Crippen MR) is 133 cm³/mol. The number of imidazole rings is 1. The largest absolute Gasteiger partial charge is 0.491 e. The Kier molecular flexibility index (Phi) is 5.20. The van der Waals surface area contributed by atoms with Crippen LogP contribution in [-0.2, 0) is 11.3 Å². The third-order valence-corrected chi connectivity index (χ3v) is 7.08. The summed E-state index contributed by atoms with van der Waals surface area (Å²) in [6.07, 6.45) is 6.98. The quantitative estimate of drug-likeness (QED) is 0.592. The molecule has 3 heterocycles. The van der Waals surface area contributed by atoms with Crippen LogP contribution >= 0.6 is 0 Å². The predicted octanol–water partition coefficient (Wildman–Crippen LogP) is 4.89. The van der Waals surface area contributed by atoms with Crippen LogP contribution in [-0.4, -0.2) is 51.4 Å². The molecule has 7 heteroatoms. The van der Waals surface area contributed by atoms with Crippen molar-refractivity contribution in [2.45, 2.75) is 26.4 Å². The smallest absolute Gasteiger partial charge is 0.270 e. The number of fused-ring (bicyclic) bond motifs is 3. The molecule has 1 amide bonds. The van der Waals surface area contributed by atoms with E-state index in [9.17, 15) is 9.18 Å². The Labute approximate surface area is 203 Å². The number of aromatic nitrogens is 2. The zero-order chi connectivity index (χ0) is 24.1. The number of aromatic amines is 1. The van der Waals surface area contributed by atoms with Crippen LogP contribution in [0.15, 0.2) is 72.2 Å². The normalized spacial score (nSPS) is 21.2. The van der Waals surface area contributed by atoms with Crippen molar-refractivity contribution in [3.05, 3.63) is 83.6 Å². The van der Waals surface area contributed by atoms with Gasteiger partial charge in [-0.05, 0) is 61.4 Å². The molecule has 2 atom stereocenters. The third kappa shape index (κ3) is 3.71. The van der Waals surface area contributed by atoms with Gasteiger partial charge >= 0.3 is 0 Å². The molecule has 1 N–H and O–H groups in total. The van der Waals surface area contributed by atoms with Gasteiger partial charge in [-0.3, -0.25) is 4.79 Å². The molecule has 2 unspecified atom stereocenters. The number of halogens is 1. The molecule has 1 aliphatic carbocycles. The van der Waals surface area contributed by atoms with E-state index in [1.54, 1.807) is 12.2 Å². The molecule has 1 aromatic heterocycles. The van der Waals surface area contributed by atoms with E-state index in [1.165, 1.54) is 6.08 Å². The van der Waals surface area contributed by atoms with Crippen LogP contribution in [0.25, 0.3) is 22.2 Å². The molecular formula is C28H27FN4O2. The lowest BCUT2D eigenvalue weighted by Crippen LogP contribution is -2.41. The van der Waals surface area contributed by atoms with E-state index in [1.807, 2.05) is 47.9 Å². The zero-order valence-corrected chi connectivity index (χ0v) is 19.8. The van der Waals surface area contributed by atoms with Crippen LogP contribution in [0.2, 0.25) is 0 Å². The summed E-state index contributed by atoms with van der Waals surface area (Å²) in [7, 11) is 0. The van der Waals surface area contributed by atoms with Gasteiger partial charge in [-0.2, -0.15) is 0 Å². The molecule has 0 spiro atoms. The van der Waals surface area contributed by atoms with Gasteiger partial charge < -0.3 is 19.5 Å². The number of carbonyl (C=O) groups excluding carboxylic acids is 1. The van der Waals surface area contributed by atoms with Crippen molar-refractivity contribution in [1.82, 2.24) is 19.8 Å². The zero-order valence-electron chi connectivity index (χ0n) is 19.8. The highest BCUT2D eigenvalue weighted by atomic mass is 19.1. The fraction of sp³-hybridized carbons (Fsp3) is 0.286. The van der Waals surface area contributed by atoms with Crippen molar-refractivity contribution in [2.75, 3.05) is 19.7 Å². The van der Waals surface area contributed by atoms with Crippen LogP contribution in [0.4, 0.5) is 4.39 Å². The summed E-state index contributed by atoms with van der Waals surface area (Å²) in [4.78, 5) is 25.3. The van der Waals surface area contributed by atoms with E-state index in [2.05, 4.69) is 28.2 Å². The molecule has 0 saturated heterocycles. The minimum absolute atomic E-state index is 0.0846. The fourth-order valence-electron chi connectivity index (χ4n) is 5.36. The molecule has 3 aliphatic rings. The Balaban J connectivity index is 1.30. The standard InChI is InChI=1S/C28H27FN4O2/c1-3-33-25-6-4-5-22(29)21(25)15-26(33)28(34)32-11-12-35-27-10-8-18(13-20(27)16-32)19-7-9-23-24(14-19)31-17(2)30-23/h4-10,13-15,21,25H,3,11-12,16H2,1-2H3,(H,30,31). The summed E-state index contributed by atoms with van der Waals surface area (Å²) in [5.41, 5.74) is 5.58. The van der Waals surface area contributed by atoms with Gasteiger partial charge in [0.1, 0.15) is 24.0 Å². The first kappa shape index (κ1) is 21.6. The van der Waals surface area contributed by atoms with Crippen molar-refractivity contribution in [1.29, 1.82) is 0 Å². The lowest BCUT2D eigenvalue weighted by molar-refractivity contribution is -0.129. The summed E-state index contributed by atoms with van der Waals surface area (Å²) < 4.78 is 20.5. The van der Waals surface area contributed by atoms with E-state index >= 15 is 0 Å². The monoisotopic (exact) mass is 470 g/mol. The third-order valence-electron chi connectivity index (χ3n) is 7.08. The van der Waals surface area contributed by atoms with Crippen molar-refractivity contribution in [3.8, 4) is 16.9 Å². The fourth-order valence-corrected chi connectivity index (χ4v) is 5.36. The highest BCUT2D eigenvalue weighted by Gasteiger charge is 2.39. The molecule has 178 valence electrons. The first-order valence-corrected chi connectivity index (χ1v) is 12.1. The Morgan fingerprint density at radius 1 is 1.23 bits per heavy atom. The molecule has 6 nitrogen and oxygen atoms in total. The second-order valence-electron chi connectivity index (χ2n) is 9.24. The number of likely N-dealkylation sites (N-methyl/N-ethyl adjacent to an activating group) is 1. The number of benzene rings is 2. The number of hydrogen-bond donors (Lipinski definition) is 1. The summed E-state index contributed by atoms with van der Waals surface area (Å²) in [5, 5.41) is 0. The Morgan fingerprint density at radius 2 is 2.06 bits per heavy atom. The Hall–Kier alpha value is -3.87. The molecule has 35 heavy (non-hydrogen) atoms. The molecule has 2 aromatic carbocycles. The first-order valence-electron chi connectivity index (χ1n) is 12.1. The van der Waals surface area contributed by atoms with Crippen molar-refractivity contribution < 1.29 is 13.9 Å². The number of nitrogens with one attached hydrogen (secondary N) is 1. The Bertz CT molecular complexity index is 1420. The van der Waals surface area contributed by atoms with E-state index in [0.29, 0.717) is 31.9 Å². The maximum absolute atomic E-state index is 14.5. The molecule has 0 radical (unpaired) electrons. The summed E-state index contributed by atoms with van der Waals surface area (Å²) in [6.45, 7) is 5.90. The van der Waals surface area contributed by atoms with Gasteiger partial charge in [-0.25, -0.2) is 9.37 Å². The lowest BCUT2D eigenvalue weighted by atomic mass is 9.96. The van der Waals surface area contributed by atoms with E-state index in [4.69, 9.17) is 4.74 Å². The summed E-state index contributed by atoms with van der Waals surface area (Å²) in [5.74, 6) is 0.994. The van der Waals surface area contributed by atoms with E-state index in [-0.39, 0.29) is 17.8 Å². The highest BCUT2D eigenvalue weighted by molar-refractivity contribution is 5.94. The van der Waals surface area contributed by atoms with Gasteiger partial charge in [0.05, 0.1) is 35.2 Å². The molecular weight excluding hydrogens is 443 g/mol. The highest BCUT2D eigenvalue weighted by Crippen LogP contribution is 2.37. The van der Waals surface area contributed by atoms with Crippen LogP contribution in [0.3, 0.4) is 0 Å². The second-order valence-corrected chi connectivity index (χ2v) is 9.24. The number of hydrogen-bond acceptors (Lipinski definition) is 4. The maximum atomic E-state index is 14.5. The van der Waals surface area contributed by atoms with Crippen LogP contribution < -0.4 is 4.74 Å². The minimum atomic E-state index is -0.401. The number of ether oxygens (including phenoxy) is 1. The van der Waals surface area contributed by atoms with Gasteiger partial charge in [-0.15, -0.1) is 0 Å². The molecule has 0 bridgehead atoms. The Morgan fingerprint density at radius 3 is 2.91 bits per heavy atom. The summed E-state index contributed by atoms with van der Waals surface area (Å²) >= 11 is 0. The molecule has 2 aliphatic heterocycles. The van der Waals surface area contributed by atoms with E-state index in [0.717, 1.165) is 39.3 Å². The SMILES string of the molecule is CCN1C(C(=O)N2CCOc3ccc(-c4ccc5nc(C)[nH]c5c4)cc3C2)=CC2C(F)=CC=CC21. The van der Waals surface area contributed by atoms with Crippen LogP contribution in [0, 0.1) is 12.8 Å². The number of nitrogens with zero attached hydrogens (tertiary/aromatic N) is 3.